The summed E-state index contributed by atoms with van der Waals surface area (Å²) in [6, 6.07) is 14.6. The molecular formula is C47H64ClN5O9. The van der Waals surface area contributed by atoms with Crippen molar-refractivity contribution in [1.29, 1.82) is 0 Å². The van der Waals surface area contributed by atoms with Gasteiger partial charge in [-0.1, -0.05) is 80.3 Å². The number of ether oxygens (including phenoxy) is 2. The number of benzene rings is 2. The van der Waals surface area contributed by atoms with Crippen molar-refractivity contribution in [3.05, 3.63) is 76.3 Å². The fourth-order valence-corrected chi connectivity index (χ4v) is 9.05. The summed E-state index contributed by atoms with van der Waals surface area (Å²) in [5.41, 5.74) is 2.68. The highest BCUT2D eigenvalue weighted by molar-refractivity contribution is 6.30. The lowest BCUT2D eigenvalue weighted by molar-refractivity contribution is -0.147. The van der Waals surface area contributed by atoms with Crippen LogP contribution in [-0.4, -0.2) is 88.9 Å². The number of aromatic nitrogens is 2. The van der Waals surface area contributed by atoms with Gasteiger partial charge in [-0.15, -0.1) is 0 Å². The number of hydrogen-bond acceptors (Lipinski definition) is 8. The van der Waals surface area contributed by atoms with Crippen LogP contribution in [0.25, 0.3) is 11.1 Å². The third kappa shape index (κ3) is 13.6. The number of carboxylic acids is 2. The number of carbonyl (C=O) groups excluding carboxylic acids is 3. The summed E-state index contributed by atoms with van der Waals surface area (Å²) in [5, 5.41) is 29.1. The zero-order chi connectivity index (χ0) is 44.5. The van der Waals surface area contributed by atoms with Gasteiger partial charge >= 0.3 is 11.9 Å². The Labute approximate surface area is 369 Å². The molecule has 1 heterocycles. The maximum atomic E-state index is 13.7. The Morgan fingerprint density at radius 3 is 2.34 bits per heavy atom. The molecule has 1 unspecified atom stereocenters. The van der Waals surface area contributed by atoms with Gasteiger partial charge in [0.05, 0.1) is 49.0 Å². The number of unbranched alkanes of at least 4 members (excludes halogenated alkanes) is 2. The van der Waals surface area contributed by atoms with E-state index in [1.54, 1.807) is 25.3 Å². The van der Waals surface area contributed by atoms with Crippen molar-refractivity contribution >= 4 is 41.3 Å². The summed E-state index contributed by atoms with van der Waals surface area (Å²) in [5.74, 6) is -2.22. The van der Waals surface area contributed by atoms with Gasteiger partial charge in [0.15, 0.2) is 5.15 Å². The largest absolute Gasteiger partial charge is 0.481 e. The average Bonchev–Trinajstić information content (AvgIpc) is 3.87. The van der Waals surface area contributed by atoms with E-state index in [9.17, 15) is 34.2 Å². The van der Waals surface area contributed by atoms with E-state index >= 15 is 0 Å². The van der Waals surface area contributed by atoms with Crippen LogP contribution in [0.3, 0.4) is 0 Å². The van der Waals surface area contributed by atoms with Crippen LogP contribution in [0.15, 0.2) is 48.5 Å². The van der Waals surface area contributed by atoms with Crippen molar-refractivity contribution in [2.75, 3.05) is 33.5 Å². The predicted molar refractivity (Wildman–Crippen MR) is 236 cm³/mol. The van der Waals surface area contributed by atoms with Crippen molar-refractivity contribution in [3.63, 3.8) is 0 Å². The highest BCUT2D eigenvalue weighted by Crippen LogP contribution is 2.44. The van der Waals surface area contributed by atoms with E-state index in [4.69, 9.17) is 21.1 Å². The molecule has 0 bridgehead atoms. The summed E-state index contributed by atoms with van der Waals surface area (Å²) in [7, 11) is 1.56. The number of halogens is 1. The third-order valence-electron chi connectivity index (χ3n) is 12.4. The number of rotatable bonds is 25. The first-order chi connectivity index (χ1) is 29.9. The number of carboxylic acid groups (broad SMARTS) is 2. The minimum Gasteiger partial charge on any atom is -0.481 e. The van der Waals surface area contributed by atoms with Gasteiger partial charge in [-0.2, -0.15) is 0 Å². The molecule has 1 aromatic heterocycles. The first kappa shape index (κ1) is 48.2. The Morgan fingerprint density at radius 1 is 0.935 bits per heavy atom. The molecule has 62 heavy (non-hydrogen) atoms. The molecular weight excluding hydrogens is 814 g/mol. The molecule has 1 atom stereocenters. The van der Waals surface area contributed by atoms with Crippen molar-refractivity contribution < 1.29 is 43.7 Å². The lowest BCUT2D eigenvalue weighted by Gasteiger charge is -2.34. The first-order valence-electron chi connectivity index (χ1n) is 22.2. The normalized spacial score (nSPS) is 17.6. The number of amides is 3. The molecule has 2 aliphatic rings. The fraction of sp³-hybridized carbons (Fsp3) is 0.574. The number of aliphatic carboxylic acids is 1. The summed E-state index contributed by atoms with van der Waals surface area (Å²) >= 11 is 6.66. The van der Waals surface area contributed by atoms with Gasteiger partial charge in [-0.25, -0.2) is 9.78 Å². The second kappa shape index (κ2) is 24.2. The molecule has 0 saturated heterocycles. The second-order valence-corrected chi connectivity index (χ2v) is 17.2. The number of nitrogens with one attached hydrogen (secondary N) is 3. The van der Waals surface area contributed by atoms with Gasteiger partial charge in [0.1, 0.15) is 5.82 Å². The molecule has 5 N–H and O–H groups in total. The highest BCUT2D eigenvalue weighted by atomic mass is 35.5. The number of methoxy groups -OCH3 is 1. The van der Waals surface area contributed by atoms with Gasteiger partial charge in [-0.3, -0.25) is 19.2 Å². The van der Waals surface area contributed by atoms with E-state index in [0.717, 1.165) is 54.7 Å². The van der Waals surface area contributed by atoms with Gasteiger partial charge in [0, 0.05) is 45.0 Å². The standard InChI is InChI=1S/C47H64ClN5O9/c1-3-4-13-40-52-42(48)39(53(40)30-32-15-17-33(18-16-32)37-11-5-6-12-38(37)45(58)59)29-50-41(54)14-7-10-25-49-43(55)34-19-21-36(22-20-34)51-46(60)47(23-8-9-24-47)28-35(44(56)57)31-62-27-26-61-2/h5-6,11-12,15-18,34-36H,3-4,7-10,13-14,19-31H2,1-2H3,(H,49,55)(H,50,54)(H,51,60)(H,56,57)(H,58,59). The number of nitrogens with zero attached hydrogens (tertiary/aromatic N) is 2. The number of carbonyl (C=O) groups is 5. The highest BCUT2D eigenvalue weighted by Gasteiger charge is 2.45. The zero-order valence-corrected chi connectivity index (χ0v) is 37.0. The quantitative estimate of drug-likeness (QED) is 0.0544. The van der Waals surface area contributed by atoms with Gasteiger partial charge in [0.2, 0.25) is 17.7 Å². The molecule has 0 radical (unpaired) electrons. The molecule has 14 nitrogen and oxygen atoms in total. The van der Waals surface area contributed by atoms with E-state index in [1.165, 1.54) is 0 Å². The van der Waals surface area contributed by atoms with E-state index in [0.29, 0.717) is 94.8 Å². The summed E-state index contributed by atoms with van der Waals surface area (Å²) in [4.78, 5) is 68.1. The molecule has 15 heteroatoms. The van der Waals surface area contributed by atoms with E-state index in [-0.39, 0.29) is 54.8 Å². The van der Waals surface area contributed by atoms with Crippen LogP contribution in [0.2, 0.25) is 5.15 Å². The Hall–Kier alpha value is -4.79. The molecule has 3 aromatic rings. The lowest BCUT2D eigenvalue weighted by atomic mass is 9.76. The van der Waals surface area contributed by atoms with Gasteiger partial charge < -0.3 is 40.2 Å². The molecule has 2 aromatic carbocycles. The van der Waals surface area contributed by atoms with Gasteiger partial charge in [0.25, 0.3) is 0 Å². The Balaban J connectivity index is 1.03. The maximum Gasteiger partial charge on any atom is 0.336 e. The predicted octanol–water partition coefficient (Wildman–Crippen LogP) is 7.18. The Bertz CT molecular complexity index is 1950. The number of imidazole rings is 1. The number of hydrogen-bond donors (Lipinski definition) is 5. The van der Waals surface area contributed by atoms with Crippen LogP contribution in [0.5, 0.6) is 0 Å². The van der Waals surface area contributed by atoms with Crippen molar-refractivity contribution in [2.24, 2.45) is 17.3 Å². The second-order valence-electron chi connectivity index (χ2n) is 16.8. The molecule has 2 saturated carbocycles. The summed E-state index contributed by atoms with van der Waals surface area (Å²) in [6.45, 7) is 4.00. The van der Waals surface area contributed by atoms with E-state index < -0.39 is 23.3 Å². The van der Waals surface area contributed by atoms with Gasteiger partial charge in [-0.05, 0) is 87.0 Å². The summed E-state index contributed by atoms with van der Waals surface area (Å²) in [6.07, 6.45) is 10.2. The van der Waals surface area contributed by atoms with Crippen molar-refractivity contribution in [2.45, 2.75) is 122 Å². The first-order valence-corrected chi connectivity index (χ1v) is 22.6. The fourth-order valence-electron chi connectivity index (χ4n) is 8.79. The third-order valence-corrected chi connectivity index (χ3v) is 12.7. The number of aromatic carboxylic acids is 1. The minimum absolute atomic E-state index is 0.00855. The Kier molecular flexibility index (Phi) is 18.8. The molecule has 338 valence electrons. The van der Waals surface area contributed by atoms with Crippen LogP contribution in [0, 0.1) is 17.3 Å². The van der Waals surface area contributed by atoms with Crippen molar-refractivity contribution in [3.8, 4) is 11.1 Å². The molecule has 3 amide bonds. The minimum atomic E-state index is -0.978. The molecule has 0 spiro atoms. The van der Waals surface area contributed by atoms with Crippen molar-refractivity contribution in [1.82, 2.24) is 25.5 Å². The van der Waals surface area contributed by atoms with Crippen LogP contribution < -0.4 is 16.0 Å². The average molecular weight is 879 g/mol. The molecule has 2 fully saturated rings. The monoisotopic (exact) mass is 877 g/mol. The van der Waals surface area contributed by atoms with Crippen LogP contribution >= 0.6 is 11.6 Å². The van der Waals surface area contributed by atoms with Crippen LogP contribution in [0.4, 0.5) is 0 Å². The molecule has 2 aliphatic carbocycles. The van der Waals surface area contributed by atoms with Crippen LogP contribution in [-0.2, 0) is 48.2 Å². The SMILES string of the molecule is CCCCc1nc(Cl)c(CNC(=O)CCCCNC(=O)C2CCC(NC(=O)C3(CC(COCCOC)C(=O)O)CCCC3)CC2)n1Cc1ccc(-c2ccccc2C(=O)O)cc1. The van der Waals surface area contributed by atoms with E-state index in [1.807, 2.05) is 30.3 Å². The Morgan fingerprint density at radius 2 is 1.66 bits per heavy atom. The molecule has 0 aliphatic heterocycles. The lowest BCUT2D eigenvalue weighted by Crippen LogP contribution is -2.48. The smallest absolute Gasteiger partial charge is 0.336 e. The van der Waals surface area contributed by atoms with Crippen LogP contribution in [0.1, 0.15) is 124 Å². The topological polar surface area (TPSA) is 198 Å². The van der Waals surface area contributed by atoms with E-state index in [2.05, 4.69) is 32.4 Å². The molecule has 5 rings (SSSR count). The maximum absolute atomic E-state index is 13.7. The summed E-state index contributed by atoms with van der Waals surface area (Å²) < 4.78 is 12.6. The number of aryl methyl sites for hydroxylation is 1. The zero-order valence-electron chi connectivity index (χ0n) is 36.2.